The topological polar surface area (TPSA) is 63.2 Å². The Kier molecular flexibility index (Phi) is 4.18. The molecule has 6 heteroatoms. The molecule has 0 bridgehead atoms. The number of thiophene rings is 1. The molecular formula is C20H12ClNO3S. The minimum absolute atomic E-state index is 0.179. The van der Waals surface area contributed by atoms with Crippen molar-refractivity contribution in [3.8, 4) is 0 Å². The van der Waals surface area contributed by atoms with Crippen molar-refractivity contribution in [2.24, 2.45) is 0 Å². The maximum atomic E-state index is 12.7. The number of hydrogen-bond donors (Lipinski definition) is 1. The fourth-order valence-electron chi connectivity index (χ4n) is 2.99. The first-order chi connectivity index (χ1) is 12.5. The van der Waals surface area contributed by atoms with Crippen molar-refractivity contribution in [3.63, 3.8) is 0 Å². The summed E-state index contributed by atoms with van der Waals surface area (Å²) < 4.78 is 0.629. The summed E-state index contributed by atoms with van der Waals surface area (Å²) in [5.41, 5.74) is 1.96. The number of anilines is 1. The highest BCUT2D eigenvalue weighted by Crippen LogP contribution is 2.29. The largest absolute Gasteiger partial charge is 0.326 e. The van der Waals surface area contributed by atoms with Gasteiger partial charge in [0.2, 0.25) is 5.91 Å². The Labute approximate surface area is 158 Å². The van der Waals surface area contributed by atoms with Gasteiger partial charge in [-0.2, -0.15) is 0 Å². The van der Waals surface area contributed by atoms with Crippen molar-refractivity contribution in [2.45, 2.75) is 6.42 Å². The van der Waals surface area contributed by atoms with Gasteiger partial charge < -0.3 is 5.32 Å². The number of hydrogen-bond acceptors (Lipinski definition) is 4. The van der Waals surface area contributed by atoms with E-state index in [9.17, 15) is 14.4 Å². The summed E-state index contributed by atoms with van der Waals surface area (Å²) in [5.74, 6) is -0.601. The predicted molar refractivity (Wildman–Crippen MR) is 101 cm³/mol. The van der Waals surface area contributed by atoms with Gasteiger partial charge in [0.25, 0.3) is 0 Å². The van der Waals surface area contributed by atoms with E-state index in [4.69, 9.17) is 11.6 Å². The number of halogens is 1. The molecular weight excluding hydrogens is 370 g/mol. The van der Waals surface area contributed by atoms with Crippen LogP contribution in [0.4, 0.5) is 5.69 Å². The number of benzene rings is 2. The first-order valence-corrected chi connectivity index (χ1v) is 9.09. The molecule has 0 saturated heterocycles. The molecule has 1 heterocycles. The molecule has 1 aliphatic carbocycles. The van der Waals surface area contributed by atoms with Crippen LogP contribution in [0.1, 0.15) is 36.7 Å². The van der Waals surface area contributed by atoms with E-state index < -0.39 is 0 Å². The molecule has 1 N–H and O–H groups in total. The molecule has 4 nitrogen and oxygen atoms in total. The van der Waals surface area contributed by atoms with Gasteiger partial charge in [0.1, 0.15) is 0 Å². The average Bonchev–Trinajstić information content (AvgIpc) is 3.04. The molecule has 0 radical (unpaired) electrons. The molecule has 4 rings (SSSR count). The number of rotatable bonds is 3. The smallest absolute Gasteiger partial charge is 0.229 e. The van der Waals surface area contributed by atoms with Crippen LogP contribution >= 0.6 is 22.9 Å². The van der Waals surface area contributed by atoms with Gasteiger partial charge in [-0.3, -0.25) is 14.4 Å². The van der Waals surface area contributed by atoms with Crippen molar-refractivity contribution in [2.75, 3.05) is 5.32 Å². The third-order valence-corrected chi connectivity index (χ3v) is 5.40. The van der Waals surface area contributed by atoms with Crippen molar-refractivity contribution in [1.29, 1.82) is 0 Å². The standard InChI is InChI=1S/C20H12ClNO3S/c21-17-8-6-12(26-17)10-18(23)22-11-5-7-15-16(9-11)20(25)14-4-2-1-3-13(14)19(15)24/h1-9H,10H2,(H,22,23). The van der Waals surface area contributed by atoms with Crippen LogP contribution in [0.5, 0.6) is 0 Å². The van der Waals surface area contributed by atoms with E-state index >= 15 is 0 Å². The van der Waals surface area contributed by atoms with Crippen LogP contribution in [0.15, 0.2) is 54.6 Å². The second kappa shape index (κ2) is 6.52. The Morgan fingerprint density at radius 3 is 2.19 bits per heavy atom. The molecule has 26 heavy (non-hydrogen) atoms. The number of fused-ring (bicyclic) bond motifs is 2. The van der Waals surface area contributed by atoms with Crippen LogP contribution in [0.25, 0.3) is 0 Å². The van der Waals surface area contributed by atoms with Crippen LogP contribution in [-0.2, 0) is 11.2 Å². The third-order valence-electron chi connectivity index (χ3n) is 4.17. The fourth-order valence-corrected chi connectivity index (χ4v) is 4.07. The lowest BCUT2D eigenvalue weighted by Gasteiger charge is -2.18. The normalized spacial score (nSPS) is 12.5. The molecule has 1 aliphatic rings. The van der Waals surface area contributed by atoms with Crippen molar-refractivity contribution >= 4 is 46.1 Å². The molecule has 0 atom stereocenters. The van der Waals surface area contributed by atoms with Crippen LogP contribution in [-0.4, -0.2) is 17.5 Å². The molecule has 0 spiro atoms. The van der Waals surface area contributed by atoms with E-state index in [-0.39, 0.29) is 23.9 Å². The van der Waals surface area contributed by atoms with Gasteiger partial charge >= 0.3 is 0 Å². The lowest BCUT2D eigenvalue weighted by molar-refractivity contribution is -0.115. The predicted octanol–water partition coefficient (Wildman–Crippen LogP) is 4.36. The lowest BCUT2D eigenvalue weighted by atomic mass is 9.84. The molecule has 1 amide bonds. The Balaban J connectivity index is 1.60. The maximum Gasteiger partial charge on any atom is 0.229 e. The number of carbonyl (C=O) groups excluding carboxylic acids is 3. The first-order valence-electron chi connectivity index (χ1n) is 7.89. The summed E-state index contributed by atoms with van der Waals surface area (Å²) in [7, 11) is 0. The summed E-state index contributed by atoms with van der Waals surface area (Å²) in [6.07, 6.45) is 0.199. The van der Waals surface area contributed by atoms with Gasteiger partial charge in [0.15, 0.2) is 11.6 Å². The molecule has 128 valence electrons. The zero-order valence-corrected chi connectivity index (χ0v) is 15.0. The fraction of sp³-hybridized carbons (Fsp3) is 0.0500. The van der Waals surface area contributed by atoms with Gasteiger partial charge in [-0.1, -0.05) is 35.9 Å². The number of nitrogens with one attached hydrogen (secondary N) is 1. The quantitative estimate of drug-likeness (QED) is 0.573. The highest BCUT2D eigenvalue weighted by molar-refractivity contribution is 7.16. The first kappa shape index (κ1) is 16.7. The van der Waals surface area contributed by atoms with E-state index in [0.29, 0.717) is 32.3 Å². The third kappa shape index (κ3) is 2.96. The molecule has 3 aromatic rings. The van der Waals surface area contributed by atoms with Crippen LogP contribution in [0.3, 0.4) is 0 Å². The van der Waals surface area contributed by atoms with Gasteiger partial charge in [-0.25, -0.2) is 0 Å². The average molecular weight is 382 g/mol. The summed E-state index contributed by atoms with van der Waals surface area (Å²) in [4.78, 5) is 38.3. The zero-order valence-electron chi connectivity index (χ0n) is 13.4. The van der Waals surface area contributed by atoms with Gasteiger partial charge in [0, 0.05) is 32.8 Å². The molecule has 1 aromatic heterocycles. The van der Waals surface area contributed by atoms with Gasteiger partial charge in [-0.15, -0.1) is 11.3 Å². The number of carbonyl (C=O) groups is 3. The van der Waals surface area contributed by atoms with Gasteiger partial charge in [0.05, 0.1) is 10.8 Å². The molecule has 0 fully saturated rings. The molecule has 2 aromatic carbocycles. The van der Waals surface area contributed by atoms with Gasteiger partial charge in [-0.05, 0) is 30.3 Å². The van der Waals surface area contributed by atoms with Crippen LogP contribution in [0, 0.1) is 0 Å². The second-order valence-electron chi connectivity index (χ2n) is 5.89. The van der Waals surface area contributed by atoms with Crippen molar-refractivity contribution < 1.29 is 14.4 Å². The minimum Gasteiger partial charge on any atom is -0.326 e. The Morgan fingerprint density at radius 1 is 0.885 bits per heavy atom. The Morgan fingerprint density at radius 2 is 1.54 bits per heavy atom. The lowest BCUT2D eigenvalue weighted by Crippen LogP contribution is -2.21. The Bertz CT molecular complexity index is 1070. The highest BCUT2D eigenvalue weighted by Gasteiger charge is 2.29. The zero-order chi connectivity index (χ0) is 18.3. The van der Waals surface area contributed by atoms with Crippen molar-refractivity contribution in [1.82, 2.24) is 0 Å². The minimum atomic E-state index is -0.212. The Hall–Kier alpha value is -2.76. The summed E-state index contributed by atoms with van der Waals surface area (Å²) in [6, 6.07) is 15.1. The van der Waals surface area contributed by atoms with E-state index in [1.54, 1.807) is 54.6 Å². The van der Waals surface area contributed by atoms with Crippen LogP contribution < -0.4 is 5.32 Å². The van der Waals surface area contributed by atoms with Crippen molar-refractivity contribution in [3.05, 3.63) is 86.1 Å². The monoisotopic (exact) mass is 381 g/mol. The van der Waals surface area contributed by atoms with E-state index in [1.807, 2.05) is 0 Å². The van der Waals surface area contributed by atoms with E-state index in [2.05, 4.69) is 5.32 Å². The van der Waals surface area contributed by atoms with Crippen LogP contribution in [0.2, 0.25) is 4.34 Å². The summed E-state index contributed by atoms with van der Waals surface area (Å²) in [5, 5.41) is 2.77. The second-order valence-corrected chi connectivity index (χ2v) is 7.69. The highest BCUT2D eigenvalue weighted by atomic mass is 35.5. The maximum absolute atomic E-state index is 12.7. The number of amides is 1. The SMILES string of the molecule is O=C(Cc1ccc(Cl)s1)Nc1ccc2c(c1)C(=O)c1ccccc1C2=O. The van der Waals surface area contributed by atoms with E-state index in [1.165, 1.54) is 11.3 Å². The number of ketones is 2. The molecule has 0 saturated carbocycles. The molecule has 0 unspecified atom stereocenters. The summed E-state index contributed by atoms with van der Waals surface area (Å²) >= 11 is 7.22. The summed E-state index contributed by atoms with van der Waals surface area (Å²) in [6.45, 7) is 0. The molecule has 0 aliphatic heterocycles. The van der Waals surface area contributed by atoms with E-state index in [0.717, 1.165) is 4.88 Å².